The molecule has 0 saturated carbocycles. The lowest BCUT2D eigenvalue weighted by Crippen LogP contribution is -2.27. The highest BCUT2D eigenvalue weighted by atomic mass is 79.9. The van der Waals surface area contributed by atoms with E-state index >= 15 is 0 Å². The van der Waals surface area contributed by atoms with Gasteiger partial charge >= 0.3 is 11.8 Å². The molecule has 8 nitrogen and oxygen atoms in total. The lowest BCUT2D eigenvalue weighted by Gasteiger charge is -1.99. The number of halogens is 1. The molecule has 19 heavy (non-hydrogen) atoms. The van der Waals surface area contributed by atoms with Crippen LogP contribution in [0.3, 0.4) is 0 Å². The number of nitrogens with one attached hydrogen (secondary N) is 1. The van der Waals surface area contributed by atoms with Gasteiger partial charge in [-0.3, -0.25) is 9.48 Å². The van der Waals surface area contributed by atoms with Gasteiger partial charge in [-0.15, -0.1) is 0 Å². The van der Waals surface area contributed by atoms with Crippen molar-refractivity contribution < 1.29 is 14.1 Å². The van der Waals surface area contributed by atoms with Crippen LogP contribution in [0.15, 0.2) is 21.4 Å². The molecule has 1 amide bonds. The van der Waals surface area contributed by atoms with Crippen LogP contribution in [-0.2, 0) is 11.3 Å². The normalized spacial score (nSPS) is 10.6. The summed E-state index contributed by atoms with van der Waals surface area (Å²) in [6.45, 7) is 1.15. The summed E-state index contributed by atoms with van der Waals surface area (Å²) >= 11 is 3.29. The van der Waals surface area contributed by atoms with Crippen LogP contribution in [0.1, 0.15) is 16.5 Å². The second-order valence-electron chi connectivity index (χ2n) is 3.62. The van der Waals surface area contributed by atoms with Gasteiger partial charge in [-0.05, 0) is 15.9 Å². The molecule has 0 atom stereocenters. The van der Waals surface area contributed by atoms with E-state index in [1.807, 2.05) is 0 Å². The van der Waals surface area contributed by atoms with Gasteiger partial charge in [0.1, 0.15) is 6.54 Å². The van der Waals surface area contributed by atoms with Gasteiger partial charge in [0.15, 0.2) is 5.82 Å². The number of rotatable bonds is 6. The van der Waals surface area contributed by atoms with Crippen molar-refractivity contribution in [1.82, 2.24) is 25.2 Å². The summed E-state index contributed by atoms with van der Waals surface area (Å²) in [4.78, 5) is 15.6. The molecule has 1 N–H and O–H groups in total. The summed E-state index contributed by atoms with van der Waals surface area (Å²) in [5.74, 6) is -0.109. The number of amides is 1. The SMILES string of the molecule is COCCNC(=O)c1nc(Cn2cc(Br)cn2)no1. The van der Waals surface area contributed by atoms with Crippen LogP contribution in [-0.4, -0.2) is 46.1 Å². The fraction of sp³-hybridized carbons (Fsp3) is 0.400. The van der Waals surface area contributed by atoms with Gasteiger partial charge in [-0.25, -0.2) is 0 Å². The Morgan fingerprint density at radius 2 is 2.47 bits per heavy atom. The van der Waals surface area contributed by atoms with E-state index in [1.165, 1.54) is 0 Å². The summed E-state index contributed by atoms with van der Waals surface area (Å²) in [6.07, 6.45) is 3.42. The Labute approximate surface area is 117 Å². The summed E-state index contributed by atoms with van der Waals surface area (Å²) in [7, 11) is 1.55. The van der Waals surface area contributed by atoms with E-state index in [1.54, 1.807) is 24.2 Å². The van der Waals surface area contributed by atoms with E-state index in [0.717, 1.165) is 4.47 Å². The summed E-state index contributed by atoms with van der Waals surface area (Å²) in [6, 6.07) is 0. The highest BCUT2D eigenvalue weighted by molar-refractivity contribution is 9.10. The Hall–Kier alpha value is -1.74. The molecular weight excluding hydrogens is 318 g/mol. The highest BCUT2D eigenvalue weighted by Crippen LogP contribution is 2.07. The topological polar surface area (TPSA) is 95.1 Å². The maximum atomic E-state index is 11.6. The van der Waals surface area contributed by atoms with E-state index in [-0.39, 0.29) is 5.89 Å². The molecule has 2 aromatic heterocycles. The quantitative estimate of drug-likeness (QED) is 0.773. The van der Waals surface area contributed by atoms with Crippen LogP contribution in [0.2, 0.25) is 0 Å². The average Bonchev–Trinajstić information content (AvgIpc) is 3.00. The van der Waals surface area contributed by atoms with Gasteiger partial charge in [0.05, 0.1) is 17.3 Å². The molecular formula is C10H12BrN5O3. The third-order valence-electron chi connectivity index (χ3n) is 2.16. The zero-order valence-corrected chi connectivity index (χ0v) is 11.8. The van der Waals surface area contributed by atoms with E-state index < -0.39 is 5.91 Å². The first-order valence-electron chi connectivity index (χ1n) is 5.46. The minimum Gasteiger partial charge on any atom is -0.383 e. The van der Waals surface area contributed by atoms with Crippen LogP contribution in [0.25, 0.3) is 0 Å². The van der Waals surface area contributed by atoms with Gasteiger partial charge in [-0.1, -0.05) is 5.16 Å². The minimum absolute atomic E-state index is 0.0719. The van der Waals surface area contributed by atoms with Crippen LogP contribution in [0, 0.1) is 0 Å². The van der Waals surface area contributed by atoms with E-state index in [9.17, 15) is 4.79 Å². The first-order valence-corrected chi connectivity index (χ1v) is 6.26. The van der Waals surface area contributed by atoms with Crippen molar-refractivity contribution in [1.29, 1.82) is 0 Å². The predicted octanol–water partition coefficient (Wildman–Crippen LogP) is 0.453. The maximum absolute atomic E-state index is 11.6. The van der Waals surface area contributed by atoms with Crippen molar-refractivity contribution in [3.05, 3.63) is 28.6 Å². The monoisotopic (exact) mass is 329 g/mol. The van der Waals surface area contributed by atoms with E-state index in [2.05, 4.69) is 36.5 Å². The lowest BCUT2D eigenvalue weighted by molar-refractivity contribution is 0.0893. The number of nitrogens with zero attached hydrogens (tertiary/aromatic N) is 4. The molecule has 0 saturated heterocycles. The van der Waals surface area contributed by atoms with Gasteiger partial charge in [0.25, 0.3) is 0 Å². The van der Waals surface area contributed by atoms with Gasteiger partial charge < -0.3 is 14.6 Å². The van der Waals surface area contributed by atoms with E-state index in [4.69, 9.17) is 9.26 Å². The number of aromatic nitrogens is 4. The third kappa shape index (κ3) is 3.86. The van der Waals surface area contributed by atoms with Gasteiger partial charge in [0, 0.05) is 19.9 Å². The fourth-order valence-corrected chi connectivity index (χ4v) is 1.65. The second-order valence-corrected chi connectivity index (χ2v) is 4.54. The molecule has 0 spiro atoms. The third-order valence-corrected chi connectivity index (χ3v) is 2.57. The molecule has 9 heteroatoms. The zero-order chi connectivity index (χ0) is 13.7. The van der Waals surface area contributed by atoms with Crippen LogP contribution >= 0.6 is 15.9 Å². The molecule has 0 bridgehead atoms. The van der Waals surface area contributed by atoms with Crippen LogP contribution in [0.5, 0.6) is 0 Å². The number of ether oxygens (including phenoxy) is 1. The Bertz CT molecular complexity index is 553. The maximum Gasteiger partial charge on any atom is 0.316 e. The Morgan fingerprint density at radius 1 is 1.63 bits per heavy atom. The minimum atomic E-state index is -0.419. The van der Waals surface area contributed by atoms with E-state index in [0.29, 0.717) is 25.5 Å². The summed E-state index contributed by atoms with van der Waals surface area (Å²) < 4.78 is 12.2. The molecule has 0 aliphatic rings. The number of methoxy groups -OCH3 is 1. The molecule has 2 heterocycles. The van der Waals surface area contributed by atoms with Crippen LogP contribution < -0.4 is 5.32 Å². The molecule has 0 unspecified atom stereocenters. The molecule has 102 valence electrons. The molecule has 2 rings (SSSR count). The van der Waals surface area contributed by atoms with Crippen molar-refractivity contribution >= 4 is 21.8 Å². The molecule has 0 aliphatic heterocycles. The molecule has 0 radical (unpaired) electrons. The molecule has 0 fully saturated rings. The molecule has 0 aliphatic carbocycles. The number of hydrogen-bond donors (Lipinski definition) is 1. The zero-order valence-electron chi connectivity index (χ0n) is 10.2. The highest BCUT2D eigenvalue weighted by Gasteiger charge is 2.14. The van der Waals surface area contributed by atoms with Crippen molar-refractivity contribution in [2.45, 2.75) is 6.54 Å². The fourth-order valence-electron chi connectivity index (χ4n) is 1.32. The van der Waals surface area contributed by atoms with Crippen molar-refractivity contribution in [2.24, 2.45) is 0 Å². The number of carbonyl (C=O) groups is 1. The largest absolute Gasteiger partial charge is 0.383 e. The van der Waals surface area contributed by atoms with Crippen LogP contribution in [0.4, 0.5) is 0 Å². The van der Waals surface area contributed by atoms with Crippen molar-refractivity contribution in [3.63, 3.8) is 0 Å². The summed E-state index contributed by atoms with van der Waals surface area (Å²) in [5, 5.41) is 10.4. The molecule has 0 aromatic carbocycles. The Kier molecular flexibility index (Phi) is 4.63. The number of carbonyl (C=O) groups excluding carboxylic acids is 1. The standard InChI is InChI=1S/C10H12BrN5O3/c1-18-3-2-12-9(17)10-14-8(15-19-10)6-16-5-7(11)4-13-16/h4-5H,2-3,6H2,1H3,(H,12,17). The Balaban J connectivity index is 1.93. The lowest BCUT2D eigenvalue weighted by atomic mass is 10.5. The average molecular weight is 330 g/mol. The molecule has 2 aromatic rings. The first kappa shape index (κ1) is 13.7. The van der Waals surface area contributed by atoms with Crippen molar-refractivity contribution in [3.8, 4) is 0 Å². The number of hydrogen-bond acceptors (Lipinski definition) is 6. The smallest absolute Gasteiger partial charge is 0.316 e. The van der Waals surface area contributed by atoms with Crippen molar-refractivity contribution in [2.75, 3.05) is 20.3 Å². The van der Waals surface area contributed by atoms with Gasteiger partial charge in [-0.2, -0.15) is 10.1 Å². The summed E-state index contributed by atoms with van der Waals surface area (Å²) in [5.41, 5.74) is 0. The Morgan fingerprint density at radius 3 is 3.16 bits per heavy atom. The van der Waals surface area contributed by atoms with Gasteiger partial charge in [0.2, 0.25) is 0 Å². The predicted molar refractivity (Wildman–Crippen MR) is 67.5 cm³/mol. The second kappa shape index (κ2) is 6.43. The first-order chi connectivity index (χ1) is 9.19.